The second kappa shape index (κ2) is 21.2. The molecule has 0 saturated carbocycles. The topological polar surface area (TPSA) is 0 Å². The van der Waals surface area contributed by atoms with Crippen molar-refractivity contribution in [1.82, 2.24) is 0 Å². The van der Waals surface area contributed by atoms with Gasteiger partial charge in [-0.05, 0) is 0 Å². The van der Waals surface area contributed by atoms with Gasteiger partial charge in [-0.2, -0.15) is 0 Å². The molecular weight excluding hydrogens is 491 g/mol. The van der Waals surface area contributed by atoms with Crippen LogP contribution in [0.5, 0.6) is 0 Å². The van der Waals surface area contributed by atoms with Gasteiger partial charge in [0.2, 0.25) is 0 Å². The van der Waals surface area contributed by atoms with Crippen molar-refractivity contribution in [2.75, 3.05) is 0 Å². The van der Waals surface area contributed by atoms with Crippen LogP contribution < -0.4 is 49.6 Å². The molecule has 19 heavy (non-hydrogen) atoms. The van der Waals surface area contributed by atoms with Crippen molar-refractivity contribution in [2.45, 2.75) is 26.3 Å². The molecule has 0 amide bonds. The van der Waals surface area contributed by atoms with E-state index in [9.17, 15) is 0 Å². The summed E-state index contributed by atoms with van der Waals surface area (Å²) in [6.07, 6.45) is 15.2. The Morgan fingerprint density at radius 3 is 1.05 bits per heavy atom. The van der Waals surface area contributed by atoms with Gasteiger partial charge in [-0.15, -0.1) is 12.0 Å². The van der Waals surface area contributed by atoms with E-state index in [2.05, 4.69) is 62.1 Å². The van der Waals surface area contributed by atoms with E-state index in [-0.39, 0.29) is 70.7 Å². The zero-order valence-corrected chi connectivity index (χ0v) is 17.1. The SMILES string of the molecule is CB1C=CC=CC1.CB1C=CC=CC1.[Cl-].[Cl-].[Cl-].[Cl-].[W+4]. The normalized spacial score (nSPS) is 13.4. The van der Waals surface area contributed by atoms with E-state index in [4.69, 9.17) is 0 Å². The van der Waals surface area contributed by atoms with Crippen molar-refractivity contribution in [3.63, 3.8) is 0 Å². The quantitative estimate of drug-likeness (QED) is 0.285. The minimum Gasteiger partial charge on any atom is -1.00 e. The molecule has 0 aromatic heterocycles. The zero-order chi connectivity index (χ0) is 10.2. The fourth-order valence-corrected chi connectivity index (χ4v) is 1.41. The molecule has 0 nitrogen and oxygen atoms in total. The van der Waals surface area contributed by atoms with Crippen LogP contribution in [-0.2, 0) is 21.1 Å². The van der Waals surface area contributed by atoms with Gasteiger partial charge in [0.05, 0.1) is 0 Å². The fraction of sp³-hybridized carbons (Fsp3) is 0.333. The number of rotatable bonds is 0. The Balaban J connectivity index is -0.0000000544. The first-order chi connectivity index (χ1) is 6.79. The Morgan fingerprint density at radius 2 is 0.947 bits per heavy atom. The molecule has 0 aromatic rings. The summed E-state index contributed by atoms with van der Waals surface area (Å²) in [6.45, 7) is 5.98. The Kier molecular flexibility index (Phi) is 35.8. The second-order valence-corrected chi connectivity index (χ2v) is 4.05. The molecule has 0 saturated heterocycles. The molecule has 0 fully saturated rings. The van der Waals surface area contributed by atoms with Crippen LogP contribution >= 0.6 is 0 Å². The van der Waals surface area contributed by atoms with Crippen molar-refractivity contribution in [3.8, 4) is 0 Å². The Hall–Kier alpha value is 0.938. The molecule has 2 aliphatic heterocycles. The minimum atomic E-state index is 0. The molecule has 106 valence electrons. The van der Waals surface area contributed by atoms with Crippen molar-refractivity contribution >= 4 is 13.4 Å². The average molecular weight is 510 g/mol. The summed E-state index contributed by atoms with van der Waals surface area (Å²) in [6, 6.07) is 0. The maximum absolute atomic E-state index is 2.22. The van der Waals surface area contributed by atoms with Crippen LogP contribution in [0.2, 0.25) is 26.3 Å². The van der Waals surface area contributed by atoms with Crippen LogP contribution in [0, 0.1) is 0 Å². The number of halogens is 4. The van der Waals surface area contributed by atoms with Gasteiger partial charge in [0.1, 0.15) is 0 Å². The fourth-order valence-electron chi connectivity index (χ4n) is 1.41. The first kappa shape index (κ1) is 32.0. The van der Waals surface area contributed by atoms with Gasteiger partial charge in [-0.1, -0.05) is 62.7 Å². The molecule has 7 heteroatoms. The maximum Gasteiger partial charge on any atom is 4.00 e. The number of allylic oxidation sites excluding steroid dienone is 6. The molecule has 2 heterocycles. The van der Waals surface area contributed by atoms with Crippen molar-refractivity contribution < 1.29 is 70.7 Å². The second-order valence-electron chi connectivity index (χ2n) is 4.05. The Labute approximate surface area is 158 Å². The molecule has 0 radical (unpaired) electrons. The van der Waals surface area contributed by atoms with E-state index in [1.807, 2.05) is 0 Å². The van der Waals surface area contributed by atoms with Crippen LogP contribution in [0.1, 0.15) is 0 Å². The van der Waals surface area contributed by atoms with Gasteiger partial charge in [0.25, 0.3) is 0 Å². The smallest absolute Gasteiger partial charge is 1.00 e. The third-order valence-electron chi connectivity index (χ3n) is 2.39. The molecule has 0 spiro atoms. The molecular formula is C12H18B2Cl4W. The monoisotopic (exact) mass is 508 g/mol. The molecule has 2 rings (SSSR count). The first-order valence-electron chi connectivity index (χ1n) is 5.45. The standard InChI is InChI=1S/2C6H9B.4ClH.W/c2*1-7-5-3-2-4-6-7;;;;;/h2*2-5H,6H2,1H3;4*1H;/q;;;;;;+4/p-4. The van der Waals surface area contributed by atoms with Gasteiger partial charge in [-0.25, -0.2) is 0 Å². The summed E-state index contributed by atoms with van der Waals surface area (Å²) >= 11 is 0. The molecule has 0 unspecified atom stereocenters. The molecule has 2 aliphatic rings. The summed E-state index contributed by atoms with van der Waals surface area (Å²) in [7, 11) is 0. The van der Waals surface area contributed by atoms with Gasteiger partial charge in [-0.3, -0.25) is 0 Å². The molecule has 0 bridgehead atoms. The van der Waals surface area contributed by atoms with Crippen LogP contribution in [0.15, 0.2) is 48.4 Å². The third-order valence-corrected chi connectivity index (χ3v) is 2.39. The Bertz CT molecular complexity index is 253. The first-order valence-corrected chi connectivity index (χ1v) is 5.45. The molecule has 0 N–H and O–H groups in total. The van der Waals surface area contributed by atoms with Gasteiger partial charge in [0.15, 0.2) is 13.4 Å². The molecule has 0 atom stereocenters. The zero-order valence-electron chi connectivity index (χ0n) is 11.1. The Morgan fingerprint density at radius 1 is 0.632 bits per heavy atom. The van der Waals surface area contributed by atoms with E-state index in [1.54, 1.807) is 0 Å². The number of hydrogen-bond donors (Lipinski definition) is 0. The van der Waals surface area contributed by atoms with Crippen molar-refractivity contribution in [1.29, 1.82) is 0 Å². The van der Waals surface area contributed by atoms with Crippen LogP contribution in [0.25, 0.3) is 0 Å². The van der Waals surface area contributed by atoms with Crippen LogP contribution in [-0.4, -0.2) is 13.4 Å². The minimum absolute atomic E-state index is 0. The molecule has 0 aliphatic carbocycles. The van der Waals surface area contributed by atoms with E-state index >= 15 is 0 Å². The summed E-state index contributed by atoms with van der Waals surface area (Å²) in [5, 5.41) is 0. The van der Waals surface area contributed by atoms with E-state index < -0.39 is 0 Å². The van der Waals surface area contributed by atoms with Gasteiger partial charge >= 0.3 is 21.1 Å². The summed E-state index contributed by atoms with van der Waals surface area (Å²) in [5.74, 6) is 4.44. The number of hydrogen-bond acceptors (Lipinski definition) is 0. The van der Waals surface area contributed by atoms with Crippen LogP contribution in [0.4, 0.5) is 0 Å². The van der Waals surface area contributed by atoms with Crippen molar-refractivity contribution in [3.05, 3.63) is 48.4 Å². The largest absolute Gasteiger partial charge is 4.00 e. The van der Waals surface area contributed by atoms with E-state index in [0.29, 0.717) is 0 Å². The maximum atomic E-state index is 2.22. The predicted molar refractivity (Wildman–Crippen MR) is 69.4 cm³/mol. The van der Waals surface area contributed by atoms with Gasteiger partial charge < -0.3 is 49.6 Å². The molecule has 0 aromatic carbocycles. The van der Waals surface area contributed by atoms with Crippen LogP contribution in [0.3, 0.4) is 0 Å². The summed E-state index contributed by atoms with van der Waals surface area (Å²) in [5.41, 5.74) is 0. The predicted octanol–water partition coefficient (Wildman–Crippen LogP) is -8.43. The van der Waals surface area contributed by atoms with E-state index in [0.717, 1.165) is 13.4 Å². The summed E-state index contributed by atoms with van der Waals surface area (Å²) < 4.78 is 0. The summed E-state index contributed by atoms with van der Waals surface area (Å²) in [4.78, 5) is 0. The van der Waals surface area contributed by atoms with Crippen molar-refractivity contribution in [2.24, 2.45) is 0 Å². The third kappa shape index (κ3) is 18.9. The average Bonchev–Trinajstić information content (AvgIpc) is 2.21. The van der Waals surface area contributed by atoms with Gasteiger partial charge in [0, 0.05) is 0 Å². The van der Waals surface area contributed by atoms with E-state index in [1.165, 1.54) is 12.6 Å².